The second kappa shape index (κ2) is 4.46. The molecule has 1 amide bonds. The van der Waals surface area contributed by atoms with Crippen molar-refractivity contribution in [2.75, 3.05) is 16.8 Å². The predicted octanol–water partition coefficient (Wildman–Crippen LogP) is 3.54. The number of hydrogen-bond donors (Lipinski definition) is 1. The summed E-state index contributed by atoms with van der Waals surface area (Å²) in [6.07, 6.45) is 0. The molecule has 90 valence electrons. The Labute approximate surface area is 114 Å². The van der Waals surface area contributed by atoms with E-state index in [9.17, 15) is 4.79 Å². The Kier molecular flexibility index (Phi) is 2.80. The highest BCUT2D eigenvalue weighted by Crippen LogP contribution is 2.35. The van der Waals surface area contributed by atoms with Gasteiger partial charge in [-0.05, 0) is 30.3 Å². The number of carbonyl (C=O) groups excluding carboxylic acids is 1. The number of rotatable bonds is 1. The molecule has 4 heteroatoms. The highest BCUT2D eigenvalue weighted by Gasteiger charge is 2.22. The molecule has 2 aromatic rings. The van der Waals surface area contributed by atoms with Gasteiger partial charge in [-0.1, -0.05) is 34.1 Å². The summed E-state index contributed by atoms with van der Waals surface area (Å²) in [7, 11) is 0. The number of anilines is 3. The fourth-order valence-corrected chi connectivity index (χ4v) is 2.49. The van der Waals surface area contributed by atoms with Gasteiger partial charge in [0.2, 0.25) is 5.91 Å². The fraction of sp³-hybridized carbons (Fsp3) is 0.0714. The van der Waals surface area contributed by atoms with Crippen LogP contribution in [0.3, 0.4) is 0 Å². The van der Waals surface area contributed by atoms with E-state index in [0.29, 0.717) is 6.54 Å². The zero-order valence-electron chi connectivity index (χ0n) is 9.56. The van der Waals surface area contributed by atoms with E-state index in [2.05, 4.69) is 21.2 Å². The molecule has 18 heavy (non-hydrogen) atoms. The minimum atomic E-state index is 0.00803. The third-order valence-electron chi connectivity index (χ3n) is 2.89. The average molecular weight is 303 g/mol. The molecule has 0 spiro atoms. The number of benzene rings is 2. The van der Waals surface area contributed by atoms with E-state index in [4.69, 9.17) is 0 Å². The van der Waals surface area contributed by atoms with Crippen LogP contribution in [0.1, 0.15) is 0 Å². The van der Waals surface area contributed by atoms with Crippen molar-refractivity contribution in [2.24, 2.45) is 0 Å². The minimum absolute atomic E-state index is 0.00803. The maximum Gasteiger partial charge on any atom is 0.244 e. The van der Waals surface area contributed by atoms with Crippen LogP contribution < -0.4 is 10.2 Å². The van der Waals surface area contributed by atoms with Crippen molar-refractivity contribution in [3.8, 4) is 0 Å². The van der Waals surface area contributed by atoms with Crippen molar-refractivity contribution in [1.82, 2.24) is 0 Å². The zero-order valence-corrected chi connectivity index (χ0v) is 11.1. The smallest absolute Gasteiger partial charge is 0.244 e. The molecule has 1 aliphatic heterocycles. The lowest BCUT2D eigenvalue weighted by Crippen LogP contribution is -2.34. The van der Waals surface area contributed by atoms with Crippen LogP contribution in [0.15, 0.2) is 53.0 Å². The van der Waals surface area contributed by atoms with E-state index in [1.165, 1.54) is 0 Å². The molecular formula is C14H11BrN2O. The first-order valence-corrected chi connectivity index (χ1v) is 6.45. The Balaban J connectivity index is 2.10. The molecule has 1 heterocycles. The molecular weight excluding hydrogens is 292 g/mol. The second-order valence-corrected chi connectivity index (χ2v) is 5.05. The van der Waals surface area contributed by atoms with Crippen LogP contribution in [0.2, 0.25) is 0 Å². The second-order valence-electron chi connectivity index (χ2n) is 4.13. The van der Waals surface area contributed by atoms with Gasteiger partial charge in [-0.15, -0.1) is 0 Å². The number of para-hydroxylation sites is 2. The van der Waals surface area contributed by atoms with Crippen LogP contribution in [-0.4, -0.2) is 12.5 Å². The molecule has 2 aromatic carbocycles. The normalized spacial score (nSPS) is 14.1. The maximum absolute atomic E-state index is 11.7. The van der Waals surface area contributed by atoms with Crippen molar-refractivity contribution in [3.63, 3.8) is 0 Å². The van der Waals surface area contributed by atoms with Crippen LogP contribution in [0.4, 0.5) is 17.1 Å². The molecule has 0 radical (unpaired) electrons. The van der Waals surface area contributed by atoms with Crippen LogP contribution in [0.25, 0.3) is 0 Å². The first kappa shape index (κ1) is 11.3. The highest BCUT2D eigenvalue weighted by atomic mass is 79.9. The van der Waals surface area contributed by atoms with E-state index >= 15 is 0 Å². The number of halogens is 1. The van der Waals surface area contributed by atoms with Crippen molar-refractivity contribution in [3.05, 3.63) is 53.0 Å². The Morgan fingerprint density at radius 3 is 2.78 bits per heavy atom. The average Bonchev–Trinajstić information content (AvgIpc) is 2.37. The number of amides is 1. The van der Waals surface area contributed by atoms with Crippen molar-refractivity contribution >= 4 is 38.9 Å². The molecule has 0 bridgehead atoms. The van der Waals surface area contributed by atoms with Crippen molar-refractivity contribution in [1.29, 1.82) is 0 Å². The number of fused-ring (bicyclic) bond motifs is 1. The third-order valence-corrected chi connectivity index (χ3v) is 3.38. The summed E-state index contributed by atoms with van der Waals surface area (Å²) in [6, 6.07) is 15.8. The lowest BCUT2D eigenvalue weighted by atomic mass is 10.1. The quantitative estimate of drug-likeness (QED) is 0.874. The van der Waals surface area contributed by atoms with Gasteiger partial charge in [-0.25, -0.2) is 0 Å². The van der Waals surface area contributed by atoms with Crippen LogP contribution in [0.5, 0.6) is 0 Å². The van der Waals surface area contributed by atoms with Crippen molar-refractivity contribution < 1.29 is 4.79 Å². The van der Waals surface area contributed by atoms with Crippen LogP contribution in [-0.2, 0) is 4.79 Å². The summed E-state index contributed by atoms with van der Waals surface area (Å²) < 4.78 is 1.00. The van der Waals surface area contributed by atoms with Gasteiger partial charge in [0.1, 0.15) is 6.54 Å². The lowest BCUT2D eigenvalue weighted by Gasteiger charge is -2.30. The van der Waals surface area contributed by atoms with Gasteiger partial charge in [0.15, 0.2) is 0 Å². The van der Waals surface area contributed by atoms with E-state index in [1.54, 1.807) is 0 Å². The topological polar surface area (TPSA) is 32.3 Å². The molecule has 0 fully saturated rings. The minimum Gasteiger partial charge on any atom is -0.330 e. The summed E-state index contributed by atoms with van der Waals surface area (Å²) in [5.74, 6) is 0.00803. The summed E-state index contributed by atoms with van der Waals surface area (Å²) in [5, 5.41) is 2.88. The number of nitrogens with one attached hydrogen (secondary N) is 1. The molecule has 3 nitrogen and oxygen atoms in total. The van der Waals surface area contributed by atoms with Gasteiger partial charge < -0.3 is 10.2 Å². The van der Waals surface area contributed by atoms with Gasteiger partial charge in [-0.2, -0.15) is 0 Å². The zero-order chi connectivity index (χ0) is 12.5. The van der Waals surface area contributed by atoms with Gasteiger partial charge in [0.25, 0.3) is 0 Å². The van der Waals surface area contributed by atoms with E-state index < -0.39 is 0 Å². The van der Waals surface area contributed by atoms with Gasteiger partial charge in [0.05, 0.1) is 11.4 Å². The molecule has 0 atom stereocenters. The Bertz CT molecular complexity index is 612. The standard InChI is InChI=1S/C14H11BrN2O/c15-10-4-3-5-11(8-10)17-9-14(18)16-12-6-1-2-7-13(12)17/h1-8H,9H2,(H,16,18). The molecule has 3 rings (SSSR count). The van der Waals surface area contributed by atoms with E-state index in [-0.39, 0.29) is 5.91 Å². The largest absolute Gasteiger partial charge is 0.330 e. The van der Waals surface area contributed by atoms with Gasteiger partial charge in [-0.3, -0.25) is 4.79 Å². The first-order valence-electron chi connectivity index (χ1n) is 5.66. The fourth-order valence-electron chi connectivity index (χ4n) is 2.11. The van der Waals surface area contributed by atoms with E-state index in [0.717, 1.165) is 21.5 Å². The SMILES string of the molecule is O=C1CN(c2cccc(Br)c2)c2ccccc2N1. The Morgan fingerprint density at radius 1 is 1.11 bits per heavy atom. The highest BCUT2D eigenvalue weighted by molar-refractivity contribution is 9.10. The van der Waals surface area contributed by atoms with E-state index in [1.807, 2.05) is 53.4 Å². The molecule has 0 saturated heterocycles. The molecule has 1 N–H and O–H groups in total. The summed E-state index contributed by atoms with van der Waals surface area (Å²) >= 11 is 3.46. The predicted molar refractivity (Wildman–Crippen MR) is 76.2 cm³/mol. The third kappa shape index (κ3) is 1.99. The lowest BCUT2D eigenvalue weighted by molar-refractivity contribution is -0.115. The van der Waals surface area contributed by atoms with Crippen LogP contribution in [0, 0.1) is 0 Å². The van der Waals surface area contributed by atoms with Crippen molar-refractivity contribution in [2.45, 2.75) is 0 Å². The Morgan fingerprint density at radius 2 is 1.94 bits per heavy atom. The molecule has 0 unspecified atom stereocenters. The first-order chi connectivity index (χ1) is 8.74. The Hall–Kier alpha value is -1.81. The maximum atomic E-state index is 11.7. The molecule has 0 aromatic heterocycles. The summed E-state index contributed by atoms with van der Waals surface area (Å²) in [5.41, 5.74) is 2.88. The van der Waals surface area contributed by atoms with Gasteiger partial charge >= 0.3 is 0 Å². The molecule has 0 aliphatic carbocycles. The van der Waals surface area contributed by atoms with Gasteiger partial charge in [0, 0.05) is 10.2 Å². The monoisotopic (exact) mass is 302 g/mol. The summed E-state index contributed by atoms with van der Waals surface area (Å²) in [6.45, 7) is 0.341. The summed E-state index contributed by atoms with van der Waals surface area (Å²) in [4.78, 5) is 13.7. The number of carbonyl (C=O) groups is 1. The molecule has 0 saturated carbocycles. The number of hydrogen-bond acceptors (Lipinski definition) is 2. The van der Waals surface area contributed by atoms with Crippen LogP contribution >= 0.6 is 15.9 Å². The molecule has 1 aliphatic rings. The number of nitrogens with zero attached hydrogens (tertiary/aromatic N) is 1.